The summed E-state index contributed by atoms with van der Waals surface area (Å²) in [5.41, 5.74) is 3.47. The molecule has 1 aromatic rings. The lowest BCUT2D eigenvalue weighted by Crippen LogP contribution is -2.36. The fourth-order valence-electron chi connectivity index (χ4n) is 1.93. The van der Waals surface area contributed by atoms with Gasteiger partial charge in [0.2, 0.25) is 0 Å². The summed E-state index contributed by atoms with van der Waals surface area (Å²) in [5, 5.41) is 0. The van der Waals surface area contributed by atoms with Gasteiger partial charge in [0.05, 0.1) is 18.8 Å². The van der Waals surface area contributed by atoms with Crippen LogP contribution in [0.25, 0.3) is 0 Å². The first-order valence-corrected chi connectivity index (χ1v) is 8.57. The maximum absolute atomic E-state index is 12.4. The number of benzene rings is 1. The van der Waals surface area contributed by atoms with Crippen LogP contribution in [0, 0.1) is 0 Å². The topological polar surface area (TPSA) is 57.1 Å². The molecule has 1 fully saturated rings. The Bertz CT molecular complexity index is 584. The zero-order valence-corrected chi connectivity index (χ0v) is 14.4. The number of nitrogens with zero attached hydrogens (tertiary/aromatic N) is 1. The van der Waals surface area contributed by atoms with E-state index in [1.165, 1.54) is 11.8 Å². The van der Waals surface area contributed by atoms with Gasteiger partial charge in [0.1, 0.15) is 6.61 Å². The number of aliphatic imine (C=N–C) groups is 1. The molecule has 1 aromatic carbocycles. The fraction of sp³-hybridized carbons (Fsp3) is 0.412. The first-order valence-electron chi connectivity index (χ1n) is 7.28. The smallest absolute Gasteiger partial charge is 0.357 e. The summed E-state index contributed by atoms with van der Waals surface area (Å²) >= 11 is 1.41. The van der Waals surface area contributed by atoms with Gasteiger partial charge >= 0.3 is 5.97 Å². The Morgan fingerprint density at radius 2 is 1.96 bits per heavy atom. The van der Waals surface area contributed by atoms with E-state index in [1.807, 2.05) is 50.4 Å². The van der Waals surface area contributed by atoms with E-state index in [4.69, 9.17) is 14.2 Å². The molecule has 1 aliphatic rings. The fourth-order valence-corrected chi connectivity index (χ4v) is 2.14. The van der Waals surface area contributed by atoms with E-state index in [9.17, 15) is 4.79 Å². The Morgan fingerprint density at radius 3 is 2.57 bits per heavy atom. The predicted octanol–water partition coefficient (Wildman–Crippen LogP) is 3.16. The summed E-state index contributed by atoms with van der Waals surface area (Å²) in [5.74, 6) is -1.12. The van der Waals surface area contributed by atoms with E-state index in [1.54, 1.807) is 5.55 Å². The summed E-state index contributed by atoms with van der Waals surface area (Å²) in [6.45, 7) is 4.48. The zero-order valence-electron chi connectivity index (χ0n) is 13.6. The molecule has 1 heterocycles. The number of thioether (sulfide) groups is 1. The SMILES string of the molecule is CSC=NC(C(=O)OCc1ccccc1)=C1COC(C)(C)OC1. The minimum Gasteiger partial charge on any atom is -0.456 e. The molecular formula is C17H21NO4S. The van der Waals surface area contributed by atoms with Gasteiger partial charge in [-0.05, 0) is 25.7 Å². The second-order valence-electron chi connectivity index (χ2n) is 5.46. The van der Waals surface area contributed by atoms with Gasteiger partial charge in [-0.15, -0.1) is 11.8 Å². The molecule has 0 saturated carbocycles. The van der Waals surface area contributed by atoms with Crippen LogP contribution in [0.4, 0.5) is 0 Å². The lowest BCUT2D eigenvalue weighted by atomic mass is 10.2. The van der Waals surface area contributed by atoms with Crippen LogP contribution in [-0.2, 0) is 25.6 Å². The van der Waals surface area contributed by atoms with Gasteiger partial charge in [-0.3, -0.25) is 0 Å². The maximum Gasteiger partial charge on any atom is 0.357 e. The second kappa shape index (κ2) is 8.29. The summed E-state index contributed by atoms with van der Waals surface area (Å²) in [7, 11) is 0. The van der Waals surface area contributed by atoms with Crippen LogP contribution in [0.1, 0.15) is 19.4 Å². The Kier molecular flexibility index (Phi) is 6.38. The summed E-state index contributed by atoms with van der Waals surface area (Å²) in [6, 6.07) is 9.53. The molecule has 1 saturated heterocycles. The van der Waals surface area contributed by atoms with Gasteiger partial charge in [-0.1, -0.05) is 30.3 Å². The van der Waals surface area contributed by atoms with Crippen molar-refractivity contribution in [3.63, 3.8) is 0 Å². The third kappa shape index (κ3) is 5.49. The normalized spacial score (nSPS) is 17.3. The monoisotopic (exact) mass is 335 g/mol. The Morgan fingerprint density at radius 1 is 1.30 bits per heavy atom. The van der Waals surface area contributed by atoms with Gasteiger partial charge in [0.15, 0.2) is 11.5 Å². The number of hydrogen-bond donors (Lipinski definition) is 0. The molecule has 0 radical (unpaired) electrons. The van der Waals surface area contributed by atoms with Crippen LogP contribution in [-0.4, -0.2) is 36.8 Å². The highest BCUT2D eigenvalue weighted by Crippen LogP contribution is 2.23. The average Bonchev–Trinajstić information content (AvgIpc) is 2.55. The molecular weight excluding hydrogens is 314 g/mol. The maximum atomic E-state index is 12.4. The van der Waals surface area contributed by atoms with Crippen LogP contribution in [0.2, 0.25) is 0 Å². The zero-order chi connectivity index (χ0) is 16.7. The lowest BCUT2D eigenvalue weighted by molar-refractivity contribution is -0.226. The average molecular weight is 335 g/mol. The molecule has 0 unspecified atom stereocenters. The Balaban J connectivity index is 2.08. The molecule has 0 N–H and O–H groups in total. The number of carbonyl (C=O) groups is 1. The summed E-state index contributed by atoms with van der Waals surface area (Å²) in [4.78, 5) is 16.6. The highest BCUT2D eigenvalue weighted by Gasteiger charge is 2.28. The third-order valence-electron chi connectivity index (χ3n) is 3.22. The minimum atomic E-state index is -0.647. The minimum absolute atomic E-state index is 0.207. The predicted molar refractivity (Wildman–Crippen MR) is 91.3 cm³/mol. The highest BCUT2D eigenvalue weighted by molar-refractivity contribution is 8.11. The van der Waals surface area contributed by atoms with Crippen molar-refractivity contribution in [2.45, 2.75) is 26.2 Å². The van der Waals surface area contributed by atoms with Crippen molar-refractivity contribution in [2.75, 3.05) is 19.5 Å². The number of hydrogen-bond acceptors (Lipinski definition) is 6. The van der Waals surface area contributed by atoms with Gasteiger partial charge in [0, 0.05) is 5.57 Å². The van der Waals surface area contributed by atoms with E-state index in [2.05, 4.69) is 4.99 Å². The van der Waals surface area contributed by atoms with Crippen LogP contribution < -0.4 is 0 Å². The van der Waals surface area contributed by atoms with Gasteiger partial charge < -0.3 is 14.2 Å². The van der Waals surface area contributed by atoms with E-state index in [0.29, 0.717) is 18.8 Å². The molecule has 0 bridgehead atoms. The van der Waals surface area contributed by atoms with Crippen LogP contribution in [0.15, 0.2) is 46.6 Å². The number of rotatable bonds is 5. The molecule has 2 rings (SSSR count). The van der Waals surface area contributed by atoms with Crippen LogP contribution >= 0.6 is 11.8 Å². The first-order chi connectivity index (χ1) is 11.0. The Hall–Kier alpha value is -1.63. The van der Waals surface area contributed by atoms with Gasteiger partial charge in [-0.25, -0.2) is 9.79 Å². The molecule has 1 aliphatic heterocycles. The number of esters is 1. The van der Waals surface area contributed by atoms with E-state index >= 15 is 0 Å². The van der Waals surface area contributed by atoms with Crippen molar-refractivity contribution in [2.24, 2.45) is 4.99 Å². The van der Waals surface area contributed by atoms with E-state index in [0.717, 1.165) is 5.56 Å². The van der Waals surface area contributed by atoms with Crippen LogP contribution in [0.5, 0.6) is 0 Å². The molecule has 0 aliphatic carbocycles. The van der Waals surface area contributed by atoms with Crippen molar-refractivity contribution >= 4 is 23.3 Å². The van der Waals surface area contributed by atoms with Gasteiger partial charge in [0.25, 0.3) is 0 Å². The molecule has 5 nitrogen and oxygen atoms in total. The highest BCUT2D eigenvalue weighted by atomic mass is 32.2. The standard InChI is InChI=1S/C17H21NO4S/c1-17(2)21-10-14(11-22-17)15(18-12-23-3)16(19)20-9-13-7-5-4-6-8-13/h4-8,12H,9-11H2,1-3H3. The molecule has 0 aromatic heterocycles. The van der Waals surface area contributed by atoms with Crippen molar-refractivity contribution < 1.29 is 19.0 Å². The Labute approximate surface area is 140 Å². The van der Waals surface area contributed by atoms with Gasteiger partial charge in [-0.2, -0.15) is 0 Å². The number of ether oxygens (including phenoxy) is 3. The molecule has 124 valence electrons. The third-order valence-corrected chi connectivity index (χ3v) is 3.53. The molecule has 6 heteroatoms. The van der Waals surface area contributed by atoms with E-state index in [-0.39, 0.29) is 12.3 Å². The second-order valence-corrected chi connectivity index (χ2v) is 6.14. The first kappa shape index (κ1) is 17.7. The van der Waals surface area contributed by atoms with Crippen molar-refractivity contribution in [3.8, 4) is 0 Å². The summed E-state index contributed by atoms with van der Waals surface area (Å²) in [6.07, 6.45) is 1.87. The summed E-state index contributed by atoms with van der Waals surface area (Å²) < 4.78 is 16.5. The largest absolute Gasteiger partial charge is 0.456 e. The molecule has 23 heavy (non-hydrogen) atoms. The van der Waals surface area contributed by atoms with Crippen molar-refractivity contribution in [3.05, 3.63) is 47.2 Å². The molecule has 0 spiro atoms. The quantitative estimate of drug-likeness (QED) is 0.358. The molecule has 0 atom stereocenters. The van der Waals surface area contributed by atoms with Crippen LogP contribution in [0.3, 0.4) is 0 Å². The van der Waals surface area contributed by atoms with Crippen molar-refractivity contribution in [1.29, 1.82) is 0 Å². The molecule has 0 amide bonds. The number of carbonyl (C=O) groups excluding carboxylic acids is 1. The lowest BCUT2D eigenvalue weighted by Gasteiger charge is -2.32. The van der Waals surface area contributed by atoms with E-state index < -0.39 is 11.8 Å². The van der Waals surface area contributed by atoms with Crippen molar-refractivity contribution in [1.82, 2.24) is 0 Å².